The van der Waals surface area contributed by atoms with E-state index < -0.39 is 34.8 Å². The Bertz CT molecular complexity index is 3210. The highest BCUT2D eigenvalue weighted by Crippen LogP contribution is 2.61. The van der Waals surface area contributed by atoms with Gasteiger partial charge in [-0.1, -0.05) is 82.1 Å². The highest BCUT2D eigenvalue weighted by molar-refractivity contribution is 6.01. The zero-order valence-corrected chi connectivity index (χ0v) is 51.8. The maximum Gasteiger partial charge on any atom is 0.419 e. The Hall–Kier alpha value is -7.43. The van der Waals surface area contributed by atoms with Gasteiger partial charge in [-0.25, -0.2) is 14.6 Å². The second kappa shape index (κ2) is 33.8. The lowest BCUT2D eigenvalue weighted by atomic mass is 9.51. The van der Waals surface area contributed by atoms with E-state index in [4.69, 9.17) is 27.7 Å². The van der Waals surface area contributed by atoms with E-state index in [1.807, 2.05) is 37.3 Å². The lowest BCUT2D eigenvalue weighted by Crippen LogP contribution is -2.47. The minimum Gasteiger partial charge on any atom is -0.378 e. The number of allylic oxidation sites excluding steroid dienone is 4. The number of nitrogens with two attached hydrogens (primary N) is 4. The van der Waals surface area contributed by atoms with Crippen LogP contribution in [0.3, 0.4) is 0 Å². The predicted octanol–water partition coefficient (Wildman–Crippen LogP) is 7.43. The van der Waals surface area contributed by atoms with Gasteiger partial charge in [0.25, 0.3) is 5.91 Å². The molecule has 1 saturated heterocycles. The van der Waals surface area contributed by atoms with E-state index in [9.17, 15) is 38.4 Å². The number of likely N-dealkylation sites (tertiary alicyclic amines) is 1. The summed E-state index contributed by atoms with van der Waals surface area (Å²) in [4.78, 5) is 119. The Kier molecular flexibility index (Phi) is 26.1. The molecule has 1 aromatic heterocycles. The summed E-state index contributed by atoms with van der Waals surface area (Å²) in [5.74, 6) is -2.72. The fraction of sp³-hybridized carbons (Fsp3) is 0.537. The van der Waals surface area contributed by atoms with Crippen molar-refractivity contribution in [3.8, 4) is 0 Å². The molecular formula is C67H93N11O10. The molecule has 6 amide bonds. The molecule has 4 aromatic rings. The molecule has 3 aromatic carbocycles. The molecule has 88 heavy (non-hydrogen) atoms. The zero-order chi connectivity index (χ0) is 63.2. The number of nitrogens with one attached hydrogen (secondary N) is 3. The Morgan fingerprint density at radius 1 is 0.716 bits per heavy atom. The Labute approximate surface area is 516 Å². The molecule has 2 bridgehead atoms. The van der Waals surface area contributed by atoms with Crippen LogP contribution in [0.25, 0.3) is 10.9 Å². The number of H-pyrrole nitrogens is 1. The molecule has 0 unspecified atom stereocenters. The highest BCUT2D eigenvalue weighted by atomic mass is 16.5. The standard InChI is InChI=1S/C67H93N11O10/c1-4-20-49-55(43-72-58(79)21-14-8-5-11-17-32-68)67(31-30-61(82)76(2)35-37-87-38-36-77(3)64(84)57-40-46(71)44-78(57)63(83)45-24-27-52-56(39-45)75-66(86)88-65(52)85)53-41-47(73-59(80)22-15-9-6-12-18-33-69)25-28-50(53)62(49)51-29-26-48(42-54(51)67)74-60(81)23-16-10-7-13-19-34-70/h4,20,24-29,39,41-43,46,57,62H,5-19,21-23,30-38,40,44,68-71H2,1-3H3,(H,73,80)(H,74,81)(H,75,86)/b20-4-,72-43?/t46-,57-,62?,67?/m0/s1. The third-order valence-electron chi connectivity index (χ3n) is 17.2. The van der Waals surface area contributed by atoms with Crippen molar-refractivity contribution in [2.45, 2.75) is 165 Å². The van der Waals surface area contributed by atoms with Gasteiger partial charge in [0.05, 0.1) is 24.1 Å². The average molecular weight is 1210 g/mol. The monoisotopic (exact) mass is 1210 g/mol. The van der Waals surface area contributed by atoms with Gasteiger partial charge in [-0.2, -0.15) is 0 Å². The van der Waals surface area contributed by atoms with E-state index >= 15 is 0 Å². The van der Waals surface area contributed by atoms with Crippen LogP contribution >= 0.6 is 0 Å². The minimum atomic E-state index is -1.10. The number of amides is 6. The largest absolute Gasteiger partial charge is 0.419 e. The fourth-order valence-corrected chi connectivity index (χ4v) is 12.5. The van der Waals surface area contributed by atoms with E-state index in [0.717, 1.165) is 123 Å². The van der Waals surface area contributed by atoms with Crippen molar-refractivity contribution in [2.75, 3.05) is 77.2 Å². The number of fused-ring (bicyclic) bond motifs is 1. The quantitative estimate of drug-likeness (QED) is 0.0172. The van der Waals surface area contributed by atoms with E-state index in [2.05, 4.69) is 43.2 Å². The van der Waals surface area contributed by atoms with Gasteiger partial charge in [0, 0.05) is 99.9 Å². The number of anilines is 2. The highest BCUT2D eigenvalue weighted by Gasteiger charge is 2.52. The second-order valence-corrected chi connectivity index (χ2v) is 23.7. The molecule has 0 spiro atoms. The summed E-state index contributed by atoms with van der Waals surface area (Å²) in [6.45, 7) is 4.67. The van der Waals surface area contributed by atoms with Gasteiger partial charge in [0.1, 0.15) is 6.04 Å². The fourth-order valence-electron chi connectivity index (χ4n) is 12.5. The number of likely N-dealkylation sites (N-methyl/N-ethyl adjacent to an activating group) is 2. The molecule has 4 aliphatic rings. The van der Waals surface area contributed by atoms with Crippen LogP contribution in [-0.4, -0.2) is 140 Å². The van der Waals surface area contributed by atoms with Gasteiger partial charge >= 0.3 is 11.4 Å². The molecule has 11 N–H and O–H groups in total. The molecule has 2 heterocycles. The van der Waals surface area contributed by atoms with Crippen LogP contribution in [0.1, 0.15) is 180 Å². The van der Waals surface area contributed by atoms with Crippen molar-refractivity contribution in [2.24, 2.45) is 27.9 Å². The molecule has 1 fully saturated rings. The number of hydrogen-bond acceptors (Lipinski definition) is 14. The number of carbonyl (C=O) groups excluding carboxylic acids is 6. The lowest BCUT2D eigenvalue weighted by Gasteiger charge is -2.51. The number of aromatic nitrogens is 1. The van der Waals surface area contributed by atoms with E-state index in [-0.39, 0.29) is 110 Å². The summed E-state index contributed by atoms with van der Waals surface area (Å²) in [6, 6.07) is 14.9. The molecule has 476 valence electrons. The number of benzene rings is 3. The summed E-state index contributed by atoms with van der Waals surface area (Å²) in [7, 11) is 3.33. The van der Waals surface area contributed by atoms with E-state index in [1.54, 1.807) is 25.2 Å². The molecule has 0 radical (unpaired) electrons. The molecule has 8 rings (SSSR count). The third kappa shape index (κ3) is 17.7. The zero-order valence-electron chi connectivity index (χ0n) is 51.8. The Balaban J connectivity index is 1.11. The van der Waals surface area contributed by atoms with Crippen LogP contribution in [0.15, 0.2) is 96.9 Å². The summed E-state index contributed by atoms with van der Waals surface area (Å²) >= 11 is 0. The molecular weight excluding hydrogens is 1120 g/mol. The van der Waals surface area contributed by atoms with Crippen molar-refractivity contribution < 1.29 is 37.9 Å². The van der Waals surface area contributed by atoms with Crippen molar-refractivity contribution in [3.63, 3.8) is 0 Å². The first-order valence-electron chi connectivity index (χ1n) is 31.8. The smallest absolute Gasteiger partial charge is 0.378 e. The summed E-state index contributed by atoms with van der Waals surface area (Å²) in [6.07, 6.45) is 21.0. The maximum atomic E-state index is 14.7. The van der Waals surface area contributed by atoms with Gasteiger partial charge in [0.2, 0.25) is 29.5 Å². The Morgan fingerprint density at radius 3 is 1.83 bits per heavy atom. The number of ether oxygens (including phenoxy) is 1. The number of carbonyl (C=O) groups is 6. The van der Waals surface area contributed by atoms with Crippen LogP contribution < -0.4 is 44.9 Å². The van der Waals surface area contributed by atoms with Crippen molar-refractivity contribution in [1.82, 2.24) is 19.7 Å². The number of hydrogen-bond donors (Lipinski definition) is 7. The van der Waals surface area contributed by atoms with Crippen LogP contribution in [-0.2, 0) is 34.1 Å². The maximum absolute atomic E-state index is 14.7. The normalized spacial score (nSPS) is 17.7. The summed E-state index contributed by atoms with van der Waals surface area (Å²) in [5.41, 5.74) is 28.5. The first-order valence-corrected chi connectivity index (χ1v) is 31.8. The van der Waals surface area contributed by atoms with Crippen LogP contribution in [0, 0.1) is 0 Å². The minimum absolute atomic E-state index is 0.0430. The second-order valence-electron chi connectivity index (χ2n) is 23.7. The first-order chi connectivity index (χ1) is 42.5. The van der Waals surface area contributed by atoms with Crippen molar-refractivity contribution in [3.05, 3.63) is 127 Å². The van der Waals surface area contributed by atoms with Crippen LogP contribution in [0.2, 0.25) is 0 Å². The first kappa shape index (κ1) is 68.1. The SMILES string of the molecule is C/C=C\C1=C(C=NC(=O)CCCCCCCN)C2(CCC(=O)N(C)CCOCCN(C)C(=O)[C@@H]3C[C@H](N)CN3C(=O)c3ccc4c(=O)oc(=O)[nH]c4c3)c3cc(NC(=O)CCCCCCCN)ccc3C1c1ccc(NC(=O)CCCCCCCN)cc12. The molecule has 21 heteroatoms. The number of aliphatic imine (C=N–C) groups is 1. The van der Waals surface area contributed by atoms with Crippen molar-refractivity contribution >= 4 is 63.9 Å². The van der Waals surface area contributed by atoms with Gasteiger partial charge < -0.3 is 57.4 Å². The molecule has 3 aliphatic carbocycles. The number of unbranched alkanes of at least 4 members (excludes halogenated alkanes) is 12. The van der Waals surface area contributed by atoms with Gasteiger partial charge in [-0.05, 0) is 154 Å². The molecule has 0 saturated carbocycles. The van der Waals surface area contributed by atoms with Gasteiger partial charge in [-0.15, -0.1) is 0 Å². The predicted molar refractivity (Wildman–Crippen MR) is 344 cm³/mol. The van der Waals surface area contributed by atoms with Crippen LogP contribution in [0.5, 0.6) is 0 Å². The third-order valence-corrected chi connectivity index (χ3v) is 17.2. The summed E-state index contributed by atoms with van der Waals surface area (Å²) in [5, 5.41) is 6.45. The van der Waals surface area contributed by atoms with Crippen molar-refractivity contribution in [1.29, 1.82) is 0 Å². The summed E-state index contributed by atoms with van der Waals surface area (Å²) < 4.78 is 10.6. The van der Waals surface area contributed by atoms with Gasteiger partial charge in [0.15, 0.2) is 0 Å². The topological polar surface area (TPSA) is 325 Å². The molecule has 2 atom stereocenters. The van der Waals surface area contributed by atoms with Gasteiger partial charge in [-0.3, -0.25) is 33.8 Å². The lowest BCUT2D eigenvalue weighted by molar-refractivity contribution is -0.134. The molecule has 1 aliphatic heterocycles. The Morgan fingerprint density at radius 2 is 1.26 bits per heavy atom. The number of nitrogens with zero attached hydrogens (tertiary/aromatic N) is 4. The van der Waals surface area contributed by atoms with E-state index in [0.29, 0.717) is 50.3 Å². The van der Waals surface area contributed by atoms with E-state index in [1.165, 1.54) is 28.0 Å². The van der Waals surface area contributed by atoms with Crippen LogP contribution in [0.4, 0.5) is 11.4 Å². The number of rotatable bonds is 36. The average Bonchev–Trinajstić information content (AvgIpc) is 0.782. The molecule has 21 nitrogen and oxygen atoms in total. The number of aromatic amines is 1.